The molecule has 1 aromatic rings. The Morgan fingerprint density at radius 3 is 2.60 bits per heavy atom. The van der Waals surface area contributed by atoms with Crippen LogP contribution in [0.5, 0.6) is 0 Å². The Kier molecular flexibility index (Phi) is 6.89. The second-order valence-corrected chi connectivity index (χ2v) is 4.20. The van der Waals surface area contributed by atoms with E-state index in [0.29, 0.717) is 13.1 Å². The second kappa shape index (κ2) is 8.74. The summed E-state index contributed by atoms with van der Waals surface area (Å²) in [4.78, 5) is 22.7. The first-order valence-corrected chi connectivity index (χ1v) is 6.56. The number of benzene rings is 1. The minimum absolute atomic E-state index is 0.201. The number of ether oxygens (including phenoxy) is 1. The number of alkyl carbamates (subject to hydrolysis) is 1. The fourth-order valence-electron chi connectivity index (χ4n) is 1.48. The van der Waals surface area contributed by atoms with Crippen LogP contribution in [0.2, 0.25) is 0 Å². The van der Waals surface area contributed by atoms with Gasteiger partial charge in [0.25, 0.3) is 0 Å². The molecule has 0 spiro atoms. The van der Waals surface area contributed by atoms with Crippen LogP contribution in [0.3, 0.4) is 0 Å². The van der Waals surface area contributed by atoms with Crippen LogP contribution in [-0.2, 0) is 16.1 Å². The molecule has 5 nitrogen and oxygen atoms in total. The molecular weight excluding hydrogens is 256 g/mol. The Labute approximate surface area is 119 Å². The maximum absolute atomic E-state index is 11.5. The largest absolute Gasteiger partial charge is 0.442 e. The second-order valence-electron chi connectivity index (χ2n) is 4.20. The lowest BCUT2D eigenvalue weighted by atomic mass is 10.2. The highest BCUT2D eigenvalue weighted by Crippen LogP contribution is 1.99. The lowest BCUT2D eigenvalue weighted by Crippen LogP contribution is -2.27. The summed E-state index contributed by atoms with van der Waals surface area (Å²) in [6.07, 6.45) is 1.92. The highest BCUT2D eigenvalue weighted by Gasteiger charge is 2.06. The fourth-order valence-corrected chi connectivity index (χ4v) is 1.48. The summed E-state index contributed by atoms with van der Waals surface area (Å²) in [5.74, 6) is -0.201. The lowest BCUT2D eigenvalue weighted by molar-refractivity contribution is -0.116. The van der Waals surface area contributed by atoms with Gasteiger partial charge >= 0.3 is 6.09 Å². The first-order valence-electron chi connectivity index (χ1n) is 6.56. The molecule has 1 unspecified atom stereocenters. The van der Waals surface area contributed by atoms with Crippen molar-refractivity contribution in [2.24, 2.45) is 0 Å². The topological polar surface area (TPSA) is 67.4 Å². The Hall–Kier alpha value is -2.30. The van der Waals surface area contributed by atoms with E-state index in [4.69, 9.17) is 4.74 Å². The van der Waals surface area contributed by atoms with Gasteiger partial charge < -0.3 is 15.4 Å². The van der Waals surface area contributed by atoms with Crippen molar-refractivity contribution in [1.29, 1.82) is 0 Å². The Balaban J connectivity index is 2.29. The molecule has 0 aliphatic carbocycles. The van der Waals surface area contributed by atoms with Crippen molar-refractivity contribution < 1.29 is 14.3 Å². The molecule has 0 heterocycles. The minimum atomic E-state index is -0.512. The highest BCUT2D eigenvalue weighted by molar-refractivity contribution is 5.87. The molecule has 5 heteroatoms. The van der Waals surface area contributed by atoms with Crippen LogP contribution in [0.4, 0.5) is 4.79 Å². The van der Waals surface area contributed by atoms with Gasteiger partial charge in [-0.25, -0.2) is 4.79 Å². The fraction of sp³-hybridized carbons (Fsp3) is 0.333. The van der Waals surface area contributed by atoms with Gasteiger partial charge in [0.15, 0.2) is 0 Å². The summed E-state index contributed by atoms with van der Waals surface area (Å²) in [6.45, 7) is 4.50. The van der Waals surface area contributed by atoms with E-state index in [9.17, 15) is 9.59 Å². The number of rotatable bonds is 6. The normalized spacial score (nSPS) is 11.9. The van der Waals surface area contributed by atoms with Crippen molar-refractivity contribution in [2.45, 2.75) is 26.5 Å². The molecule has 0 bridgehead atoms. The molecule has 0 aliphatic rings. The van der Waals surface area contributed by atoms with Gasteiger partial charge in [0.05, 0.1) is 0 Å². The zero-order valence-electron chi connectivity index (χ0n) is 11.8. The predicted octanol–water partition coefficient (Wildman–Crippen LogP) is 1.99. The van der Waals surface area contributed by atoms with E-state index in [1.807, 2.05) is 37.3 Å². The molecule has 1 rings (SSSR count). The Morgan fingerprint density at radius 1 is 1.25 bits per heavy atom. The number of amides is 2. The van der Waals surface area contributed by atoms with Crippen LogP contribution in [0.15, 0.2) is 42.5 Å². The van der Waals surface area contributed by atoms with Crippen molar-refractivity contribution in [3.8, 4) is 0 Å². The molecule has 2 N–H and O–H groups in total. The SMILES string of the molecule is CCNC(=O)/C=C/C(C)OC(=O)NCc1ccccc1. The van der Waals surface area contributed by atoms with E-state index in [2.05, 4.69) is 10.6 Å². The van der Waals surface area contributed by atoms with Gasteiger partial charge in [0.1, 0.15) is 6.10 Å². The number of hydrogen-bond donors (Lipinski definition) is 2. The summed E-state index contributed by atoms with van der Waals surface area (Å²) in [6, 6.07) is 9.55. The maximum Gasteiger partial charge on any atom is 0.407 e. The van der Waals surface area contributed by atoms with Gasteiger partial charge in [-0.15, -0.1) is 0 Å². The number of nitrogens with one attached hydrogen (secondary N) is 2. The van der Waals surface area contributed by atoms with E-state index >= 15 is 0 Å². The molecule has 108 valence electrons. The van der Waals surface area contributed by atoms with E-state index in [1.54, 1.807) is 6.92 Å². The minimum Gasteiger partial charge on any atom is -0.442 e. The van der Waals surface area contributed by atoms with Crippen LogP contribution in [0.1, 0.15) is 19.4 Å². The van der Waals surface area contributed by atoms with E-state index in [0.717, 1.165) is 5.56 Å². The molecule has 0 aliphatic heterocycles. The van der Waals surface area contributed by atoms with Crippen molar-refractivity contribution in [1.82, 2.24) is 10.6 Å². The van der Waals surface area contributed by atoms with Crippen LogP contribution >= 0.6 is 0 Å². The zero-order valence-corrected chi connectivity index (χ0v) is 11.8. The molecule has 1 aromatic carbocycles. The Bertz CT molecular complexity index is 457. The van der Waals surface area contributed by atoms with Gasteiger partial charge in [0.2, 0.25) is 5.91 Å². The standard InChI is InChI=1S/C15H20N2O3/c1-3-16-14(18)10-9-12(2)20-15(19)17-11-13-7-5-4-6-8-13/h4-10,12H,3,11H2,1-2H3,(H,16,18)(H,17,19)/b10-9+. The average molecular weight is 276 g/mol. The van der Waals surface area contributed by atoms with Crippen LogP contribution < -0.4 is 10.6 Å². The molecule has 0 saturated carbocycles. The summed E-state index contributed by atoms with van der Waals surface area (Å²) in [5.41, 5.74) is 0.995. The van der Waals surface area contributed by atoms with E-state index < -0.39 is 12.2 Å². The smallest absolute Gasteiger partial charge is 0.407 e. The first kappa shape index (κ1) is 15.8. The summed E-state index contributed by atoms with van der Waals surface area (Å²) < 4.78 is 5.08. The summed E-state index contributed by atoms with van der Waals surface area (Å²) in [7, 11) is 0. The zero-order chi connectivity index (χ0) is 14.8. The van der Waals surface area contributed by atoms with Crippen molar-refractivity contribution in [2.75, 3.05) is 6.54 Å². The summed E-state index contributed by atoms with van der Waals surface area (Å²) >= 11 is 0. The van der Waals surface area contributed by atoms with E-state index in [-0.39, 0.29) is 5.91 Å². The van der Waals surface area contributed by atoms with Gasteiger partial charge in [0, 0.05) is 19.2 Å². The van der Waals surface area contributed by atoms with Crippen LogP contribution in [0, 0.1) is 0 Å². The predicted molar refractivity (Wildman–Crippen MR) is 77.0 cm³/mol. The molecule has 0 fully saturated rings. The highest BCUT2D eigenvalue weighted by atomic mass is 16.6. The van der Waals surface area contributed by atoms with Crippen molar-refractivity contribution in [3.05, 3.63) is 48.0 Å². The van der Waals surface area contributed by atoms with Gasteiger partial charge in [-0.3, -0.25) is 4.79 Å². The third-order valence-electron chi connectivity index (χ3n) is 2.44. The third-order valence-corrected chi connectivity index (χ3v) is 2.44. The first-order chi connectivity index (χ1) is 9.61. The average Bonchev–Trinajstić information content (AvgIpc) is 2.44. The molecule has 1 atom stereocenters. The number of carbonyl (C=O) groups excluding carboxylic acids is 2. The van der Waals surface area contributed by atoms with Gasteiger partial charge in [-0.1, -0.05) is 30.3 Å². The Morgan fingerprint density at radius 2 is 1.95 bits per heavy atom. The van der Waals surface area contributed by atoms with Crippen LogP contribution in [-0.4, -0.2) is 24.6 Å². The molecule has 0 saturated heterocycles. The van der Waals surface area contributed by atoms with Gasteiger partial charge in [-0.05, 0) is 25.5 Å². The molecule has 0 aromatic heterocycles. The third kappa shape index (κ3) is 6.58. The molecular formula is C15H20N2O3. The van der Waals surface area contributed by atoms with Crippen molar-refractivity contribution in [3.63, 3.8) is 0 Å². The molecule has 0 radical (unpaired) electrons. The van der Waals surface area contributed by atoms with E-state index in [1.165, 1.54) is 12.2 Å². The van der Waals surface area contributed by atoms with Crippen LogP contribution in [0.25, 0.3) is 0 Å². The molecule has 20 heavy (non-hydrogen) atoms. The lowest BCUT2D eigenvalue weighted by Gasteiger charge is -2.10. The quantitative estimate of drug-likeness (QED) is 0.781. The summed E-state index contributed by atoms with van der Waals surface area (Å²) in [5, 5.41) is 5.27. The maximum atomic E-state index is 11.5. The number of likely N-dealkylation sites (N-methyl/N-ethyl adjacent to an activating group) is 1. The van der Waals surface area contributed by atoms with Crippen molar-refractivity contribution >= 4 is 12.0 Å². The van der Waals surface area contributed by atoms with Gasteiger partial charge in [-0.2, -0.15) is 0 Å². The number of hydrogen-bond acceptors (Lipinski definition) is 3. The number of carbonyl (C=O) groups is 2. The monoisotopic (exact) mass is 276 g/mol. The molecule has 2 amide bonds.